The highest BCUT2D eigenvalue weighted by atomic mass is 32.1. The topological polar surface area (TPSA) is 71.8 Å². The number of phenols is 1. The normalized spacial score (nSPS) is 18.7. The van der Waals surface area contributed by atoms with Gasteiger partial charge in [0, 0.05) is 29.3 Å². The van der Waals surface area contributed by atoms with Gasteiger partial charge in [-0.3, -0.25) is 4.98 Å². The van der Waals surface area contributed by atoms with Crippen LogP contribution in [0.4, 0.5) is 5.69 Å². The SMILES string of the molecule is Cc1cc([C@H]2[C@H](c3ccccn3)NC(=S)N2c2ccccc2O)c(C)n1-c1ccc2c(c1)OCO2. The molecule has 2 aromatic carbocycles. The minimum atomic E-state index is -0.223. The van der Waals surface area contributed by atoms with Crippen molar-refractivity contribution in [3.05, 3.63) is 95.6 Å². The molecule has 2 aliphatic heterocycles. The zero-order valence-corrected chi connectivity index (χ0v) is 20.1. The van der Waals surface area contributed by atoms with Crippen LogP contribution in [-0.4, -0.2) is 26.6 Å². The molecule has 0 unspecified atom stereocenters. The predicted molar refractivity (Wildman–Crippen MR) is 137 cm³/mol. The highest BCUT2D eigenvalue weighted by Gasteiger charge is 2.43. The quantitative estimate of drug-likeness (QED) is 0.391. The molecule has 0 aliphatic carbocycles. The number of rotatable bonds is 4. The molecule has 0 spiro atoms. The third-order valence-electron chi connectivity index (χ3n) is 6.64. The van der Waals surface area contributed by atoms with Gasteiger partial charge in [-0.1, -0.05) is 18.2 Å². The average Bonchev–Trinajstić information content (AvgIpc) is 3.55. The molecule has 35 heavy (non-hydrogen) atoms. The van der Waals surface area contributed by atoms with Crippen molar-refractivity contribution < 1.29 is 14.6 Å². The van der Waals surface area contributed by atoms with E-state index in [-0.39, 0.29) is 24.6 Å². The number of aromatic nitrogens is 2. The van der Waals surface area contributed by atoms with Gasteiger partial charge in [-0.05, 0) is 74.1 Å². The van der Waals surface area contributed by atoms with E-state index in [1.807, 2.05) is 59.5 Å². The molecular formula is C27H24N4O3S. The van der Waals surface area contributed by atoms with Crippen LogP contribution in [0.3, 0.4) is 0 Å². The van der Waals surface area contributed by atoms with Crippen LogP contribution in [0.5, 0.6) is 17.2 Å². The van der Waals surface area contributed by atoms with Crippen LogP contribution in [0, 0.1) is 13.8 Å². The van der Waals surface area contributed by atoms with E-state index in [2.05, 4.69) is 34.8 Å². The molecular weight excluding hydrogens is 460 g/mol. The number of fused-ring (bicyclic) bond motifs is 1. The summed E-state index contributed by atoms with van der Waals surface area (Å²) in [5.74, 6) is 1.66. The van der Waals surface area contributed by atoms with Gasteiger partial charge in [0.1, 0.15) is 5.75 Å². The highest BCUT2D eigenvalue weighted by molar-refractivity contribution is 7.80. The Balaban J connectivity index is 1.51. The first kappa shape index (κ1) is 21.5. The van der Waals surface area contributed by atoms with Crippen LogP contribution in [-0.2, 0) is 0 Å². The van der Waals surface area contributed by atoms with E-state index in [1.54, 1.807) is 12.3 Å². The molecule has 6 rings (SSSR count). The number of hydrogen-bond donors (Lipinski definition) is 2. The minimum Gasteiger partial charge on any atom is -0.506 e. The maximum Gasteiger partial charge on any atom is 0.231 e. The van der Waals surface area contributed by atoms with E-state index >= 15 is 0 Å². The molecule has 0 amide bonds. The van der Waals surface area contributed by atoms with Crippen LogP contribution < -0.4 is 19.7 Å². The maximum atomic E-state index is 10.7. The zero-order valence-electron chi connectivity index (χ0n) is 19.3. The van der Waals surface area contributed by atoms with Crippen LogP contribution in [0.2, 0.25) is 0 Å². The van der Waals surface area contributed by atoms with Gasteiger partial charge < -0.3 is 29.4 Å². The summed E-state index contributed by atoms with van der Waals surface area (Å²) in [4.78, 5) is 6.63. The second-order valence-corrected chi connectivity index (χ2v) is 9.07. The van der Waals surface area contributed by atoms with Crippen molar-refractivity contribution in [3.63, 3.8) is 0 Å². The lowest BCUT2D eigenvalue weighted by molar-refractivity contribution is 0.174. The van der Waals surface area contributed by atoms with E-state index < -0.39 is 0 Å². The summed E-state index contributed by atoms with van der Waals surface area (Å²) in [6.07, 6.45) is 1.79. The number of pyridine rings is 1. The van der Waals surface area contributed by atoms with Crippen molar-refractivity contribution in [1.82, 2.24) is 14.9 Å². The van der Waals surface area contributed by atoms with Gasteiger partial charge in [-0.15, -0.1) is 0 Å². The summed E-state index contributed by atoms with van der Waals surface area (Å²) in [7, 11) is 0. The third kappa shape index (κ3) is 3.49. The Morgan fingerprint density at radius 1 is 1.00 bits per heavy atom. The molecule has 2 aliphatic rings. The highest BCUT2D eigenvalue weighted by Crippen LogP contribution is 2.46. The molecule has 176 valence electrons. The molecule has 2 aromatic heterocycles. The first-order valence-electron chi connectivity index (χ1n) is 11.4. The number of thiocarbonyl (C=S) groups is 1. The monoisotopic (exact) mass is 484 g/mol. The summed E-state index contributed by atoms with van der Waals surface area (Å²) in [5, 5.41) is 14.7. The van der Waals surface area contributed by atoms with Gasteiger partial charge in [0.05, 0.1) is 23.5 Å². The fourth-order valence-electron chi connectivity index (χ4n) is 5.11. The molecule has 0 bridgehead atoms. The van der Waals surface area contributed by atoms with Crippen molar-refractivity contribution in [2.24, 2.45) is 0 Å². The Kier molecular flexibility index (Phi) is 5.11. The fraction of sp³-hybridized carbons (Fsp3) is 0.185. The Labute approximate surface area is 208 Å². The number of benzene rings is 2. The maximum absolute atomic E-state index is 10.7. The Bertz CT molecular complexity index is 1440. The second-order valence-electron chi connectivity index (χ2n) is 8.68. The van der Waals surface area contributed by atoms with Crippen molar-refractivity contribution in [1.29, 1.82) is 0 Å². The molecule has 2 atom stereocenters. The Morgan fingerprint density at radius 3 is 2.60 bits per heavy atom. The predicted octanol–water partition coefficient (Wildman–Crippen LogP) is 5.10. The summed E-state index contributed by atoms with van der Waals surface area (Å²) in [6, 6.07) is 20.9. The van der Waals surface area contributed by atoms with E-state index in [1.165, 1.54) is 0 Å². The second kappa shape index (κ2) is 8.32. The summed E-state index contributed by atoms with van der Waals surface area (Å²) in [6.45, 7) is 4.43. The van der Waals surface area contributed by atoms with Gasteiger partial charge >= 0.3 is 0 Å². The molecule has 0 radical (unpaired) electrons. The van der Waals surface area contributed by atoms with Gasteiger partial charge in [0.25, 0.3) is 0 Å². The first-order valence-corrected chi connectivity index (χ1v) is 11.8. The first-order chi connectivity index (χ1) is 17.0. The lowest BCUT2D eigenvalue weighted by atomic mass is 9.96. The molecule has 1 saturated heterocycles. The number of phenolic OH excluding ortho intramolecular Hbond substituents is 1. The number of aromatic hydroxyl groups is 1. The standard InChI is InChI=1S/C27H24N4O3S/c1-16-13-19(17(2)30(16)18-10-11-23-24(14-18)34-15-33-23)26-25(20-7-5-6-12-28-20)29-27(35)31(26)21-8-3-4-9-22(21)32/h3-14,25-26,32H,15H2,1-2H3,(H,29,35)/t25-,26-/m0/s1. The number of ether oxygens (including phenoxy) is 2. The fourth-order valence-corrected chi connectivity index (χ4v) is 5.45. The number of nitrogens with zero attached hydrogens (tertiary/aromatic N) is 3. The lowest BCUT2D eigenvalue weighted by Crippen LogP contribution is -2.29. The number of nitrogens with one attached hydrogen (secondary N) is 1. The van der Waals surface area contributed by atoms with Crippen LogP contribution in [0.15, 0.2) is 72.9 Å². The molecule has 4 heterocycles. The average molecular weight is 485 g/mol. The van der Waals surface area contributed by atoms with Gasteiger partial charge in [-0.2, -0.15) is 0 Å². The molecule has 8 heteroatoms. The summed E-state index contributed by atoms with van der Waals surface area (Å²) >= 11 is 5.81. The number of anilines is 1. The molecule has 1 fully saturated rings. The van der Waals surface area contributed by atoms with Gasteiger partial charge in [0.15, 0.2) is 16.6 Å². The van der Waals surface area contributed by atoms with Crippen LogP contribution >= 0.6 is 12.2 Å². The number of para-hydroxylation sites is 2. The van der Waals surface area contributed by atoms with Crippen molar-refractivity contribution in [2.45, 2.75) is 25.9 Å². The third-order valence-corrected chi connectivity index (χ3v) is 6.96. The van der Waals surface area contributed by atoms with E-state index in [0.717, 1.165) is 39.8 Å². The van der Waals surface area contributed by atoms with E-state index in [9.17, 15) is 5.11 Å². The van der Waals surface area contributed by atoms with Crippen molar-refractivity contribution in [2.75, 3.05) is 11.7 Å². The summed E-state index contributed by atoms with van der Waals surface area (Å²) < 4.78 is 13.3. The number of aryl methyl sites for hydroxylation is 1. The van der Waals surface area contributed by atoms with Gasteiger partial charge in [0.2, 0.25) is 6.79 Å². The van der Waals surface area contributed by atoms with Crippen LogP contribution in [0.1, 0.15) is 34.7 Å². The van der Waals surface area contributed by atoms with E-state index in [4.69, 9.17) is 21.7 Å². The Morgan fingerprint density at radius 2 is 1.80 bits per heavy atom. The van der Waals surface area contributed by atoms with Crippen LogP contribution in [0.25, 0.3) is 5.69 Å². The molecule has 2 N–H and O–H groups in total. The lowest BCUT2D eigenvalue weighted by Gasteiger charge is -2.28. The molecule has 4 aromatic rings. The van der Waals surface area contributed by atoms with Gasteiger partial charge in [-0.25, -0.2) is 0 Å². The Hall–Kier alpha value is -4.04. The van der Waals surface area contributed by atoms with Crippen molar-refractivity contribution >= 4 is 23.0 Å². The zero-order chi connectivity index (χ0) is 24.1. The smallest absolute Gasteiger partial charge is 0.231 e. The summed E-state index contributed by atoms with van der Waals surface area (Å²) in [5.41, 5.74) is 5.76. The number of hydrogen-bond acceptors (Lipinski definition) is 5. The van der Waals surface area contributed by atoms with Crippen molar-refractivity contribution in [3.8, 4) is 22.9 Å². The molecule has 7 nitrogen and oxygen atoms in total. The minimum absolute atomic E-state index is 0.174. The van der Waals surface area contributed by atoms with E-state index in [0.29, 0.717) is 10.8 Å². The molecule has 0 saturated carbocycles. The largest absolute Gasteiger partial charge is 0.506 e.